The highest BCUT2D eigenvalue weighted by Gasteiger charge is 2.21. The Balaban J connectivity index is 0.000000378. The molecule has 4 aromatic rings. The monoisotopic (exact) mass is 532 g/mol. The molecule has 0 amide bonds. The first-order chi connectivity index (χ1) is 17.0. The second-order valence-electron chi connectivity index (χ2n) is 9.85. The summed E-state index contributed by atoms with van der Waals surface area (Å²) in [6.45, 7) is 17.4. The van der Waals surface area contributed by atoms with Crippen molar-refractivity contribution >= 4 is 44.7 Å². The van der Waals surface area contributed by atoms with E-state index in [1.807, 2.05) is 77.3 Å². The number of nitrogens with two attached hydrogens (primary N) is 1. The molecule has 38 heavy (non-hydrogen) atoms. The number of fused-ring (bicyclic) bond motifs is 2. The van der Waals surface area contributed by atoms with Crippen LogP contribution in [-0.4, -0.2) is 18.9 Å². The smallest absolute Gasteiger partial charge is 0.0975 e. The van der Waals surface area contributed by atoms with Crippen molar-refractivity contribution in [1.82, 2.24) is 14.7 Å². The van der Waals surface area contributed by atoms with Crippen molar-refractivity contribution in [3.63, 3.8) is 0 Å². The van der Waals surface area contributed by atoms with Crippen molar-refractivity contribution < 1.29 is 4.21 Å². The van der Waals surface area contributed by atoms with E-state index >= 15 is 0 Å². The third-order valence-electron chi connectivity index (χ3n) is 5.82. The molecular formula is C32H44N4OS. The summed E-state index contributed by atoms with van der Waals surface area (Å²) in [7, 11) is -1.09. The van der Waals surface area contributed by atoms with Crippen LogP contribution >= 0.6 is 0 Å². The van der Waals surface area contributed by atoms with E-state index in [2.05, 4.69) is 46.0 Å². The van der Waals surface area contributed by atoms with Gasteiger partial charge in [0.1, 0.15) is 0 Å². The molecule has 0 saturated heterocycles. The Morgan fingerprint density at radius 1 is 0.816 bits per heavy atom. The van der Waals surface area contributed by atoms with Gasteiger partial charge >= 0.3 is 0 Å². The van der Waals surface area contributed by atoms with Gasteiger partial charge in [-0.2, -0.15) is 0 Å². The Morgan fingerprint density at radius 3 is 1.68 bits per heavy atom. The van der Waals surface area contributed by atoms with Gasteiger partial charge < -0.3 is 5.73 Å². The zero-order chi connectivity index (χ0) is 26.5. The third-order valence-corrected chi connectivity index (χ3v) is 7.50. The number of nitrogens with zero attached hydrogens (tertiary/aromatic N) is 2. The average molecular weight is 533 g/mol. The summed E-state index contributed by atoms with van der Waals surface area (Å²) < 4.78 is 15.1. The lowest BCUT2D eigenvalue weighted by Crippen LogP contribution is -2.34. The third kappa shape index (κ3) is 8.42. The predicted octanol–water partition coefficient (Wildman–Crippen LogP) is 8.16. The van der Waals surface area contributed by atoms with Gasteiger partial charge in [-0.15, -0.1) is 0 Å². The molecule has 6 heteroatoms. The highest BCUT2D eigenvalue weighted by Crippen LogP contribution is 2.23. The first-order valence-electron chi connectivity index (χ1n) is 12.0. The van der Waals surface area contributed by atoms with Crippen molar-refractivity contribution in [2.75, 3.05) is 0 Å². The topological polar surface area (TPSA) is 80.9 Å². The van der Waals surface area contributed by atoms with E-state index in [-0.39, 0.29) is 31.7 Å². The van der Waals surface area contributed by atoms with Crippen LogP contribution in [0.2, 0.25) is 0 Å². The Labute approximate surface area is 231 Å². The summed E-state index contributed by atoms with van der Waals surface area (Å²) in [5.74, 6) is 0. The molecule has 2 aromatic carbocycles. The molecule has 0 fully saturated rings. The van der Waals surface area contributed by atoms with Gasteiger partial charge in [-0.3, -0.25) is 9.97 Å². The lowest BCUT2D eigenvalue weighted by Gasteiger charge is -2.22. The predicted molar refractivity (Wildman–Crippen MR) is 169 cm³/mol. The summed E-state index contributed by atoms with van der Waals surface area (Å²) in [6, 6.07) is 16.5. The molecule has 2 aromatic heterocycles. The standard InChI is InChI=1S/C17H22N2OS.C13H14N2.2CH4/c1-6-16-10-15-9-13(7-8-14(15)11-18-16)12(2)19-21(20)17(3,4)5;1-3-13-7-12-6-10(9(2)14)4-5-11(12)8-15-13;;/h6-12,19H,1H2,2-5H3;3-9H,1,14H2,2H3;2*1H4/t12-,21-;9-;;/m11../s1. The number of nitrogens with one attached hydrogen (secondary N) is 1. The normalized spacial score (nSPS) is 13.2. The minimum absolute atomic E-state index is 0. The second-order valence-corrected chi connectivity index (χ2v) is 11.8. The van der Waals surface area contributed by atoms with Crippen molar-refractivity contribution in [3.05, 3.63) is 96.6 Å². The maximum atomic E-state index is 12.2. The van der Waals surface area contributed by atoms with Gasteiger partial charge in [0.2, 0.25) is 0 Å². The fourth-order valence-corrected chi connectivity index (χ4v) is 4.34. The molecule has 3 atom stereocenters. The Kier molecular flexibility index (Phi) is 12.2. The van der Waals surface area contributed by atoms with Crippen molar-refractivity contribution in [2.24, 2.45) is 5.73 Å². The second kappa shape index (κ2) is 14.1. The average Bonchev–Trinajstić information content (AvgIpc) is 2.86. The zero-order valence-electron chi connectivity index (χ0n) is 21.8. The minimum Gasteiger partial charge on any atom is -0.324 e. The molecule has 204 valence electrons. The lowest BCUT2D eigenvalue weighted by atomic mass is 10.0. The number of hydrogen-bond donors (Lipinski definition) is 2. The zero-order valence-corrected chi connectivity index (χ0v) is 22.6. The Hall–Kier alpha value is -3.19. The number of pyridine rings is 2. The SMILES string of the molecule is C.C.C=Cc1cc2cc([C@@H](C)N)ccc2cn1.C=Cc1cc2cc([C@@H](C)N[S@](=O)C(C)(C)C)ccc2cn1. The molecule has 5 nitrogen and oxygen atoms in total. The highest BCUT2D eigenvalue weighted by atomic mass is 32.2. The summed E-state index contributed by atoms with van der Waals surface area (Å²) in [6.07, 6.45) is 7.19. The molecule has 0 aliphatic heterocycles. The van der Waals surface area contributed by atoms with E-state index in [1.165, 1.54) is 0 Å². The van der Waals surface area contributed by atoms with Crippen LogP contribution in [-0.2, 0) is 11.0 Å². The van der Waals surface area contributed by atoms with Crippen LogP contribution in [0.3, 0.4) is 0 Å². The molecule has 2 heterocycles. The van der Waals surface area contributed by atoms with Gasteiger partial charge in [0.25, 0.3) is 0 Å². The summed E-state index contributed by atoms with van der Waals surface area (Å²) in [5, 5.41) is 4.50. The van der Waals surface area contributed by atoms with E-state index in [0.29, 0.717) is 0 Å². The van der Waals surface area contributed by atoms with Gasteiger partial charge in [-0.05, 0) is 92.9 Å². The molecule has 0 unspecified atom stereocenters. The summed E-state index contributed by atoms with van der Waals surface area (Å²) >= 11 is 0. The molecule has 0 saturated carbocycles. The molecular weight excluding hydrogens is 488 g/mol. The van der Waals surface area contributed by atoms with E-state index in [0.717, 1.165) is 44.1 Å². The van der Waals surface area contributed by atoms with Gasteiger partial charge in [0.05, 0.1) is 27.1 Å². The summed E-state index contributed by atoms with van der Waals surface area (Å²) in [5.41, 5.74) is 9.85. The molecule has 0 spiro atoms. The van der Waals surface area contributed by atoms with Crippen LogP contribution in [0.25, 0.3) is 33.7 Å². The van der Waals surface area contributed by atoms with E-state index in [9.17, 15) is 4.21 Å². The van der Waals surface area contributed by atoms with Crippen LogP contribution in [0.4, 0.5) is 0 Å². The lowest BCUT2D eigenvalue weighted by molar-refractivity contribution is 0.616. The van der Waals surface area contributed by atoms with Crippen molar-refractivity contribution in [1.29, 1.82) is 0 Å². The number of aromatic nitrogens is 2. The van der Waals surface area contributed by atoms with Gasteiger partial charge in [0, 0.05) is 35.2 Å². The quantitative estimate of drug-likeness (QED) is 0.262. The van der Waals surface area contributed by atoms with E-state index in [1.54, 1.807) is 12.2 Å². The fourth-order valence-electron chi connectivity index (χ4n) is 3.53. The minimum atomic E-state index is -1.09. The first kappa shape index (κ1) is 32.8. The van der Waals surface area contributed by atoms with Gasteiger partial charge in [-0.1, -0.05) is 52.3 Å². The van der Waals surface area contributed by atoms with Crippen molar-refractivity contribution in [3.8, 4) is 0 Å². The Bertz CT molecular complexity index is 1410. The summed E-state index contributed by atoms with van der Waals surface area (Å²) in [4.78, 5) is 8.55. The largest absolute Gasteiger partial charge is 0.324 e. The van der Waals surface area contributed by atoms with Gasteiger partial charge in [0.15, 0.2) is 0 Å². The molecule has 4 rings (SSSR count). The maximum Gasteiger partial charge on any atom is 0.0975 e. The van der Waals surface area contributed by atoms with Crippen molar-refractivity contribution in [2.45, 2.75) is 66.3 Å². The fraction of sp³-hybridized carbons (Fsp3) is 0.312. The first-order valence-corrected chi connectivity index (χ1v) is 13.1. The van der Waals surface area contributed by atoms with Crippen LogP contribution in [0.5, 0.6) is 0 Å². The van der Waals surface area contributed by atoms with Crippen LogP contribution in [0, 0.1) is 0 Å². The van der Waals surface area contributed by atoms with E-state index < -0.39 is 11.0 Å². The molecule has 0 aliphatic carbocycles. The number of rotatable bonds is 6. The van der Waals surface area contributed by atoms with Crippen LogP contribution in [0.1, 0.15) is 84.1 Å². The molecule has 0 aliphatic rings. The van der Waals surface area contributed by atoms with Crippen LogP contribution < -0.4 is 10.5 Å². The van der Waals surface area contributed by atoms with Crippen LogP contribution in [0.15, 0.2) is 74.1 Å². The molecule has 0 bridgehead atoms. The number of benzene rings is 2. The Morgan fingerprint density at radius 2 is 1.26 bits per heavy atom. The van der Waals surface area contributed by atoms with Gasteiger partial charge in [-0.25, -0.2) is 8.93 Å². The maximum absolute atomic E-state index is 12.2. The molecule has 0 radical (unpaired) electrons. The highest BCUT2D eigenvalue weighted by molar-refractivity contribution is 7.84. The van der Waals surface area contributed by atoms with E-state index in [4.69, 9.17) is 5.73 Å². The molecule has 3 N–H and O–H groups in total. The number of hydrogen-bond acceptors (Lipinski definition) is 4.